The van der Waals surface area contributed by atoms with Crippen LogP contribution in [-0.2, 0) is 26.2 Å². The predicted molar refractivity (Wildman–Crippen MR) is 110 cm³/mol. The molecule has 0 radical (unpaired) electrons. The third-order valence-corrected chi connectivity index (χ3v) is 6.73. The summed E-state index contributed by atoms with van der Waals surface area (Å²) < 4.78 is 26.3. The normalized spacial score (nSPS) is 11.5. The van der Waals surface area contributed by atoms with Gasteiger partial charge in [-0.05, 0) is 38.0 Å². The van der Waals surface area contributed by atoms with E-state index in [-0.39, 0.29) is 16.7 Å². The van der Waals surface area contributed by atoms with Gasteiger partial charge in [-0.15, -0.1) is 0 Å². The fraction of sp³-hybridized carbons (Fsp3) is 0.600. The van der Waals surface area contributed by atoms with Crippen LogP contribution in [0.3, 0.4) is 0 Å². The fourth-order valence-electron chi connectivity index (χ4n) is 2.92. The van der Waals surface area contributed by atoms with Gasteiger partial charge < -0.3 is 10.2 Å². The minimum Gasteiger partial charge on any atom is -0.352 e. The molecule has 0 saturated carbocycles. The van der Waals surface area contributed by atoms with Crippen LogP contribution in [0.25, 0.3) is 0 Å². The standard InChI is InChI=1S/C20H33N3O4S/c1-5-22(6-2)20(25)11-9-10-19(24)21-16-17-12-14-18(15-13-17)28(26,27)23(7-3)8-4/h12-15H,5-11,16H2,1-4H3,(H,21,24). The Morgan fingerprint density at radius 3 is 1.96 bits per heavy atom. The van der Waals surface area contributed by atoms with Crippen LogP contribution in [0.4, 0.5) is 0 Å². The van der Waals surface area contributed by atoms with Gasteiger partial charge in [-0.25, -0.2) is 8.42 Å². The lowest BCUT2D eigenvalue weighted by atomic mass is 10.2. The van der Waals surface area contributed by atoms with Crippen LogP contribution in [0.2, 0.25) is 0 Å². The molecule has 1 rings (SSSR count). The first kappa shape index (κ1) is 24.1. The average Bonchev–Trinajstić information content (AvgIpc) is 2.68. The lowest BCUT2D eigenvalue weighted by molar-refractivity contribution is -0.131. The number of rotatable bonds is 12. The highest BCUT2D eigenvalue weighted by Crippen LogP contribution is 2.16. The van der Waals surface area contributed by atoms with Crippen molar-refractivity contribution in [2.45, 2.75) is 58.4 Å². The zero-order valence-electron chi connectivity index (χ0n) is 17.4. The summed E-state index contributed by atoms with van der Waals surface area (Å²) in [6.45, 7) is 10.0. The number of hydrogen-bond donors (Lipinski definition) is 1. The van der Waals surface area contributed by atoms with Gasteiger partial charge in [0.1, 0.15) is 0 Å². The second-order valence-corrected chi connectivity index (χ2v) is 8.37. The molecule has 0 atom stereocenters. The van der Waals surface area contributed by atoms with Gasteiger partial charge in [-0.3, -0.25) is 9.59 Å². The van der Waals surface area contributed by atoms with Gasteiger partial charge in [0.25, 0.3) is 0 Å². The van der Waals surface area contributed by atoms with Gasteiger partial charge in [0, 0.05) is 45.6 Å². The molecule has 2 amide bonds. The highest BCUT2D eigenvalue weighted by molar-refractivity contribution is 7.89. The highest BCUT2D eigenvalue weighted by Gasteiger charge is 2.21. The van der Waals surface area contributed by atoms with Crippen LogP contribution < -0.4 is 5.32 Å². The van der Waals surface area contributed by atoms with Crippen molar-refractivity contribution in [3.63, 3.8) is 0 Å². The number of carbonyl (C=O) groups excluding carboxylic acids is 2. The molecular formula is C20H33N3O4S. The Labute approximate surface area is 169 Å². The smallest absolute Gasteiger partial charge is 0.243 e. The average molecular weight is 412 g/mol. The molecule has 0 aromatic heterocycles. The fourth-order valence-corrected chi connectivity index (χ4v) is 4.37. The van der Waals surface area contributed by atoms with Crippen molar-refractivity contribution in [3.05, 3.63) is 29.8 Å². The zero-order valence-corrected chi connectivity index (χ0v) is 18.2. The Balaban J connectivity index is 2.49. The minimum absolute atomic E-state index is 0.0720. The predicted octanol–water partition coefficient (Wildman–Crippen LogP) is 2.37. The summed E-state index contributed by atoms with van der Waals surface area (Å²) in [6, 6.07) is 6.55. The van der Waals surface area contributed by atoms with Gasteiger partial charge in [0.15, 0.2) is 0 Å². The van der Waals surface area contributed by atoms with Crippen LogP contribution in [-0.4, -0.2) is 55.6 Å². The van der Waals surface area contributed by atoms with Gasteiger partial charge >= 0.3 is 0 Å². The molecule has 28 heavy (non-hydrogen) atoms. The molecule has 1 aromatic rings. The first-order chi connectivity index (χ1) is 13.3. The van der Waals surface area contributed by atoms with Gasteiger partial charge in [-0.2, -0.15) is 4.31 Å². The first-order valence-electron chi connectivity index (χ1n) is 9.93. The lowest BCUT2D eigenvalue weighted by Gasteiger charge is -2.18. The maximum Gasteiger partial charge on any atom is 0.243 e. The van der Waals surface area contributed by atoms with E-state index >= 15 is 0 Å². The van der Waals surface area contributed by atoms with Crippen molar-refractivity contribution in [3.8, 4) is 0 Å². The van der Waals surface area contributed by atoms with E-state index in [1.54, 1.807) is 43.0 Å². The number of nitrogens with one attached hydrogen (secondary N) is 1. The summed E-state index contributed by atoms with van der Waals surface area (Å²) in [4.78, 5) is 25.9. The summed E-state index contributed by atoms with van der Waals surface area (Å²) in [5.74, 6) is -0.0463. The Bertz CT molecular complexity index is 724. The van der Waals surface area contributed by atoms with Crippen molar-refractivity contribution in [2.24, 2.45) is 0 Å². The molecule has 7 nitrogen and oxygen atoms in total. The Hall–Kier alpha value is -1.93. The maximum atomic E-state index is 12.5. The summed E-state index contributed by atoms with van der Waals surface area (Å²) in [5.41, 5.74) is 0.825. The van der Waals surface area contributed by atoms with Crippen LogP contribution in [0.1, 0.15) is 52.5 Å². The van der Waals surface area contributed by atoms with Crippen molar-refractivity contribution < 1.29 is 18.0 Å². The Morgan fingerprint density at radius 2 is 1.46 bits per heavy atom. The molecule has 0 unspecified atom stereocenters. The molecule has 0 spiro atoms. The molecule has 0 bridgehead atoms. The van der Waals surface area contributed by atoms with E-state index in [2.05, 4.69) is 5.32 Å². The summed E-state index contributed by atoms with van der Waals surface area (Å²) in [5, 5.41) is 2.81. The third kappa shape index (κ3) is 6.91. The molecule has 0 aliphatic rings. The topological polar surface area (TPSA) is 86.8 Å². The quantitative estimate of drug-likeness (QED) is 0.572. The van der Waals surface area contributed by atoms with Crippen molar-refractivity contribution in [2.75, 3.05) is 26.2 Å². The van der Waals surface area contributed by atoms with Crippen molar-refractivity contribution in [1.82, 2.24) is 14.5 Å². The van der Waals surface area contributed by atoms with E-state index < -0.39 is 10.0 Å². The molecule has 0 aliphatic carbocycles. The van der Waals surface area contributed by atoms with Gasteiger partial charge in [0.05, 0.1) is 4.90 Å². The monoisotopic (exact) mass is 411 g/mol. The van der Waals surface area contributed by atoms with E-state index in [9.17, 15) is 18.0 Å². The van der Waals surface area contributed by atoms with Crippen LogP contribution in [0.5, 0.6) is 0 Å². The second-order valence-electron chi connectivity index (χ2n) is 6.43. The van der Waals surface area contributed by atoms with Crippen molar-refractivity contribution >= 4 is 21.8 Å². The number of nitrogens with zero attached hydrogens (tertiary/aromatic N) is 2. The van der Waals surface area contributed by atoms with Crippen LogP contribution >= 0.6 is 0 Å². The summed E-state index contributed by atoms with van der Waals surface area (Å²) in [7, 11) is -3.47. The minimum atomic E-state index is -3.47. The van der Waals surface area contributed by atoms with Crippen molar-refractivity contribution in [1.29, 1.82) is 0 Å². The maximum absolute atomic E-state index is 12.5. The largest absolute Gasteiger partial charge is 0.352 e. The zero-order chi connectivity index (χ0) is 21.2. The first-order valence-corrected chi connectivity index (χ1v) is 11.4. The van der Waals surface area contributed by atoms with Gasteiger partial charge in [0.2, 0.25) is 21.8 Å². The Morgan fingerprint density at radius 1 is 0.893 bits per heavy atom. The molecule has 8 heteroatoms. The van der Waals surface area contributed by atoms with E-state index in [1.807, 2.05) is 13.8 Å². The molecule has 1 aromatic carbocycles. The Kier molecular flexibility index (Phi) is 10.2. The number of sulfonamides is 1. The van der Waals surface area contributed by atoms with E-state index in [0.717, 1.165) is 5.56 Å². The molecule has 0 fully saturated rings. The SMILES string of the molecule is CCN(CC)C(=O)CCCC(=O)NCc1ccc(S(=O)(=O)N(CC)CC)cc1. The molecule has 0 heterocycles. The van der Waals surface area contributed by atoms with Gasteiger partial charge in [-0.1, -0.05) is 26.0 Å². The molecule has 1 N–H and O–H groups in total. The van der Waals surface area contributed by atoms with E-state index in [1.165, 1.54) is 4.31 Å². The molecule has 0 aliphatic heterocycles. The van der Waals surface area contributed by atoms with E-state index in [4.69, 9.17) is 0 Å². The molecule has 158 valence electrons. The van der Waals surface area contributed by atoms with Crippen LogP contribution in [0, 0.1) is 0 Å². The number of amides is 2. The lowest BCUT2D eigenvalue weighted by Crippen LogP contribution is -2.30. The highest BCUT2D eigenvalue weighted by atomic mass is 32.2. The summed E-state index contributed by atoms with van der Waals surface area (Å²) in [6.07, 6.45) is 1.18. The molecule has 0 saturated heterocycles. The third-order valence-electron chi connectivity index (χ3n) is 4.67. The number of carbonyl (C=O) groups is 2. The summed E-state index contributed by atoms with van der Waals surface area (Å²) >= 11 is 0. The van der Waals surface area contributed by atoms with E-state index in [0.29, 0.717) is 52.0 Å². The number of hydrogen-bond acceptors (Lipinski definition) is 4. The number of benzene rings is 1. The molecular weight excluding hydrogens is 378 g/mol. The van der Waals surface area contributed by atoms with Crippen LogP contribution in [0.15, 0.2) is 29.2 Å². The second kappa shape index (κ2) is 11.8.